The molecule has 0 atom stereocenters. The van der Waals surface area contributed by atoms with Crippen molar-refractivity contribution < 1.29 is 0 Å². The average molecular weight is 205 g/mol. The van der Waals surface area contributed by atoms with Gasteiger partial charge in [-0.2, -0.15) is 0 Å². The highest BCUT2D eigenvalue weighted by Gasteiger charge is 2.02. The summed E-state index contributed by atoms with van der Waals surface area (Å²) in [7, 11) is 0. The average Bonchev–Trinajstić information content (AvgIpc) is 2.19. The Morgan fingerprint density at radius 3 is 2.71 bits per heavy atom. The molecule has 1 aromatic heterocycles. The third kappa shape index (κ3) is 1.70. The summed E-state index contributed by atoms with van der Waals surface area (Å²) in [5.41, 5.74) is 8.23. The number of aromatic nitrogens is 1. The molecule has 0 amide bonds. The van der Waals surface area contributed by atoms with Crippen molar-refractivity contribution in [2.24, 2.45) is 0 Å². The summed E-state index contributed by atoms with van der Waals surface area (Å²) in [4.78, 5) is 4.03. The topological polar surface area (TPSA) is 38.9 Å². The third-order valence-corrected chi connectivity index (χ3v) is 2.28. The first-order valence-corrected chi connectivity index (χ1v) is 4.60. The summed E-state index contributed by atoms with van der Waals surface area (Å²) in [6, 6.07) is 9.30. The van der Waals surface area contributed by atoms with E-state index in [0.717, 1.165) is 11.1 Å². The molecule has 1 heterocycles. The fourth-order valence-electron chi connectivity index (χ4n) is 1.29. The van der Waals surface area contributed by atoms with Crippen molar-refractivity contribution in [3.05, 3.63) is 47.7 Å². The molecule has 14 heavy (non-hydrogen) atoms. The molecule has 0 aliphatic carbocycles. The van der Waals surface area contributed by atoms with Gasteiger partial charge in [-0.05, 0) is 18.2 Å². The Hall–Kier alpha value is -1.54. The van der Waals surface area contributed by atoms with Crippen molar-refractivity contribution in [3.63, 3.8) is 0 Å². The molecule has 2 aromatic rings. The van der Waals surface area contributed by atoms with Crippen molar-refractivity contribution in [2.75, 3.05) is 5.73 Å². The first-order valence-electron chi connectivity index (χ1n) is 4.23. The monoisotopic (exact) mass is 204 g/mol. The zero-order valence-corrected chi connectivity index (χ0v) is 8.20. The van der Waals surface area contributed by atoms with E-state index in [1.54, 1.807) is 18.5 Å². The van der Waals surface area contributed by atoms with Gasteiger partial charge in [0.1, 0.15) is 0 Å². The largest absolute Gasteiger partial charge is 0.399 e. The van der Waals surface area contributed by atoms with Gasteiger partial charge in [-0.3, -0.25) is 4.98 Å². The maximum Gasteiger partial charge on any atom is 0.0505 e. The van der Waals surface area contributed by atoms with E-state index in [2.05, 4.69) is 4.98 Å². The molecule has 0 saturated carbocycles. The zero-order chi connectivity index (χ0) is 9.97. The van der Waals surface area contributed by atoms with Gasteiger partial charge in [-0.25, -0.2) is 0 Å². The van der Waals surface area contributed by atoms with Gasteiger partial charge in [-0.1, -0.05) is 23.7 Å². The molecule has 1 aromatic carbocycles. The van der Waals surface area contributed by atoms with Gasteiger partial charge < -0.3 is 5.73 Å². The van der Waals surface area contributed by atoms with Gasteiger partial charge in [0.15, 0.2) is 0 Å². The second-order valence-corrected chi connectivity index (χ2v) is 3.39. The predicted molar refractivity (Wildman–Crippen MR) is 59.1 cm³/mol. The molecule has 0 bridgehead atoms. The number of nitrogen functional groups attached to an aromatic ring is 1. The van der Waals surface area contributed by atoms with Gasteiger partial charge in [0.05, 0.1) is 5.02 Å². The van der Waals surface area contributed by atoms with E-state index in [0.29, 0.717) is 10.7 Å². The summed E-state index contributed by atoms with van der Waals surface area (Å²) in [5, 5.41) is 0.651. The van der Waals surface area contributed by atoms with Gasteiger partial charge in [0.25, 0.3) is 0 Å². The lowest BCUT2D eigenvalue weighted by Gasteiger charge is -2.04. The molecule has 2 N–H and O–H groups in total. The minimum atomic E-state index is 0.651. The van der Waals surface area contributed by atoms with Crippen molar-refractivity contribution in [3.8, 4) is 11.1 Å². The molecule has 0 saturated heterocycles. The van der Waals surface area contributed by atoms with Crippen molar-refractivity contribution in [1.29, 1.82) is 0 Å². The highest BCUT2D eigenvalue weighted by atomic mass is 35.5. The summed E-state index contributed by atoms with van der Waals surface area (Å²) in [6.07, 6.45) is 3.51. The maximum absolute atomic E-state index is 6.06. The van der Waals surface area contributed by atoms with E-state index in [-0.39, 0.29) is 0 Å². The molecule has 0 radical (unpaired) electrons. The van der Waals surface area contributed by atoms with Crippen LogP contribution >= 0.6 is 11.6 Å². The zero-order valence-electron chi connectivity index (χ0n) is 7.44. The van der Waals surface area contributed by atoms with E-state index in [1.165, 1.54) is 0 Å². The Kier molecular flexibility index (Phi) is 2.37. The minimum absolute atomic E-state index is 0.651. The van der Waals surface area contributed by atoms with Crippen molar-refractivity contribution >= 4 is 17.3 Å². The number of pyridine rings is 1. The van der Waals surface area contributed by atoms with Gasteiger partial charge in [0, 0.05) is 29.2 Å². The molecule has 2 nitrogen and oxygen atoms in total. The van der Waals surface area contributed by atoms with Crippen LogP contribution in [0.3, 0.4) is 0 Å². The van der Waals surface area contributed by atoms with Crippen LogP contribution in [0.2, 0.25) is 5.02 Å². The van der Waals surface area contributed by atoms with Crippen molar-refractivity contribution in [1.82, 2.24) is 4.98 Å². The number of halogens is 1. The van der Waals surface area contributed by atoms with Gasteiger partial charge >= 0.3 is 0 Å². The summed E-state index contributed by atoms with van der Waals surface area (Å²) < 4.78 is 0. The van der Waals surface area contributed by atoms with Crippen LogP contribution in [0.4, 0.5) is 5.69 Å². The summed E-state index contributed by atoms with van der Waals surface area (Å²) >= 11 is 6.06. The molecule has 0 unspecified atom stereocenters. The van der Waals surface area contributed by atoms with Crippen LogP contribution in [0, 0.1) is 0 Å². The highest BCUT2D eigenvalue weighted by molar-refractivity contribution is 6.33. The molecule has 0 spiro atoms. The molecule has 2 rings (SSSR count). The summed E-state index contributed by atoms with van der Waals surface area (Å²) in [6.45, 7) is 0. The predicted octanol–water partition coefficient (Wildman–Crippen LogP) is 2.98. The molecule has 0 aliphatic heterocycles. The second kappa shape index (κ2) is 3.68. The number of hydrogen-bond donors (Lipinski definition) is 1. The lowest BCUT2D eigenvalue weighted by atomic mass is 10.1. The molecular formula is C11H9ClN2. The van der Waals surface area contributed by atoms with Crippen LogP contribution in [0.1, 0.15) is 0 Å². The van der Waals surface area contributed by atoms with E-state index in [4.69, 9.17) is 17.3 Å². The normalized spacial score (nSPS) is 10.1. The smallest absolute Gasteiger partial charge is 0.0505 e. The first-order chi connectivity index (χ1) is 6.77. The van der Waals surface area contributed by atoms with Crippen LogP contribution in [-0.4, -0.2) is 4.98 Å². The highest BCUT2D eigenvalue weighted by Crippen LogP contribution is 2.28. The molecule has 70 valence electrons. The molecule has 0 fully saturated rings. The van der Waals surface area contributed by atoms with Crippen LogP contribution < -0.4 is 5.73 Å². The quantitative estimate of drug-likeness (QED) is 0.726. The number of hydrogen-bond acceptors (Lipinski definition) is 2. The first kappa shape index (κ1) is 9.03. The Balaban J connectivity index is 2.53. The Morgan fingerprint density at radius 1 is 1.21 bits per heavy atom. The lowest BCUT2D eigenvalue weighted by molar-refractivity contribution is 1.33. The Labute approximate surface area is 87.4 Å². The van der Waals surface area contributed by atoms with Crippen LogP contribution in [0.5, 0.6) is 0 Å². The van der Waals surface area contributed by atoms with Gasteiger partial charge in [0.2, 0.25) is 0 Å². The fraction of sp³-hybridized carbons (Fsp3) is 0. The van der Waals surface area contributed by atoms with E-state index < -0.39 is 0 Å². The minimum Gasteiger partial charge on any atom is -0.399 e. The standard InChI is InChI=1S/C11H9ClN2/c12-11-6-9(13)3-4-10(11)8-2-1-5-14-7-8/h1-7H,13H2. The number of nitrogens with two attached hydrogens (primary N) is 1. The van der Waals surface area contributed by atoms with Gasteiger partial charge in [-0.15, -0.1) is 0 Å². The summed E-state index contributed by atoms with van der Waals surface area (Å²) in [5.74, 6) is 0. The number of anilines is 1. The number of benzene rings is 1. The van der Waals surface area contributed by atoms with Crippen LogP contribution in [0.25, 0.3) is 11.1 Å². The molecule has 3 heteroatoms. The van der Waals surface area contributed by atoms with Crippen molar-refractivity contribution in [2.45, 2.75) is 0 Å². The second-order valence-electron chi connectivity index (χ2n) is 2.98. The van der Waals surface area contributed by atoms with E-state index in [9.17, 15) is 0 Å². The molecule has 0 aliphatic rings. The Morgan fingerprint density at radius 2 is 2.07 bits per heavy atom. The fourth-order valence-corrected chi connectivity index (χ4v) is 1.59. The molecular weight excluding hydrogens is 196 g/mol. The Bertz CT molecular complexity index is 440. The van der Waals surface area contributed by atoms with Crippen LogP contribution in [-0.2, 0) is 0 Å². The van der Waals surface area contributed by atoms with Crippen LogP contribution in [0.15, 0.2) is 42.7 Å². The van der Waals surface area contributed by atoms with E-state index >= 15 is 0 Å². The number of rotatable bonds is 1. The maximum atomic E-state index is 6.06. The number of nitrogens with zero attached hydrogens (tertiary/aromatic N) is 1. The third-order valence-electron chi connectivity index (χ3n) is 1.97. The lowest BCUT2D eigenvalue weighted by Crippen LogP contribution is -1.86. The SMILES string of the molecule is Nc1ccc(-c2cccnc2)c(Cl)c1. The van der Waals surface area contributed by atoms with E-state index in [1.807, 2.05) is 24.3 Å².